The predicted molar refractivity (Wildman–Crippen MR) is 62.2 cm³/mol. The molecular formula is C11H17NOS. The topological polar surface area (TPSA) is 12.5 Å². The molecule has 0 saturated heterocycles. The molecule has 0 spiro atoms. The van der Waals surface area contributed by atoms with Crippen molar-refractivity contribution in [2.24, 2.45) is 0 Å². The van der Waals surface area contributed by atoms with E-state index in [-0.39, 0.29) is 0 Å². The van der Waals surface area contributed by atoms with Crippen molar-refractivity contribution in [3.05, 3.63) is 35.9 Å². The summed E-state index contributed by atoms with van der Waals surface area (Å²) >= 11 is 1.59. The van der Waals surface area contributed by atoms with Gasteiger partial charge < -0.3 is 4.74 Å². The van der Waals surface area contributed by atoms with Gasteiger partial charge in [-0.2, -0.15) is 0 Å². The van der Waals surface area contributed by atoms with E-state index < -0.39 is 0 Å². The lowest BCUT2D eigenvalue weighted by molar-refractivity contribution is 0.0726. The average Bonchev–Trinajstić information content (AvgIpc) is 2.28. The van der Waals surface area contributed by atoms with Crippen LogP contribution in [0, 0.1) is 0 Å². The monoisotopic (exact) mass is 213 g/mol. The van der Waals surface area contributed by atoms with Crippen molar-refractivity contribution in [1.82, 2.24) is 4.90 Å². The van der Waals surface area contributed by atoms with Crippen molar-refractivity contribution in [2.75, 3.05) is 25.9 Å². The third-order valence-electron chi connectivity index (χ3n) is 1.83. The van der Waals surface area contributed by atoms with Crippen molar-refractivity contribution < 1.29 is 6.11 Å². The van der Waals surface area contributed by atoms with Gasteiger partial charge in [0.05, 0.1) is 6.73 Å². The molecule has 1 aromatic rings. The van der Waals surface area contributed by atoms with Crippen LogP contribution < -0.4 is 0 Å². The maximum atomic E-state index is 7.10. The summed E-state index contributed by atoms with van der Waals surface area (Å²) in [7, 11) is 1.70. The summed E-state index contributed by atoms with van der Waals surface area (Å²) in [4.78, 5) is 2.18. The molecule has 0 aliphatic heterocycles. The molecule has 2 nitrogen and oxygen atoms in total. The molecule has 0 aromatic heterocycles. The number of methoxy groups -OCH3 is 1. The predicted octanol–water partition coefficient (Wildman–Crippen LogP) is 2.41. The first-order valence-electron chi connectivity index (χ1n) is 5.19. The van der Waals surface area contributed by atoms with Crippen molar-refractivity contribution in [3.8, 4) is 0 Å². The van der Waals surface area contributed by atoms with Crippen molar-refractivity contribution in [1.29, 1.82) is 0 Å². The molecule has 0 fully saturated rings. The van der Waals surface area contributed by atoms with Crippen molar-refractivity contribution in [3.63, 3.8) is 0 Å². The third-order valence-corrected chi connectivity index (χ3v) is 2.38. The SMILES string of the molecule is [3H]CSCN(COC)Cc1ccccc1. The summed E-state index contributed by atoms with van der Waals surface area (Å²) in [6, 6.07) is 10.3. The van der Waals surface area contributed by atoms with E-state index in [0.717, 1.165) is 12.4 Å². The Kier molecular flexibility index (Phi) is 4.92. The van der Waals surface area contributed by atoms with Gasteiger partial charge >= 0.3 is 0 Å². The Balaban J connectivity index is 2.43. The molecule has 0 aliphatic carbocycles. The lowest BCUT2D eigenvalue weighted by Crippen LogP contribution is -2.24. The van der Waals surface area contributed by atoms with Crippen LogP contribution in [0.2, 0.25) is 0 Å². The van der Waals surface area contributed by atoms with E-state index in [4.69, 9.17) is 6.11 Å². The van der Waals surface area contributed by atoms with E-state index in [9.17, 15) is 0 Å². The summed E-state index contributed by atoms with van der Waals surface area (Å²) in [5.74, 6) is 0.840. The number of nitrogens with zero attached hydrogens (tertiary/aromatic N) is 1. The summed E-state index contributed by atoms with van der Waals surface area (Å²) in [6.07, 6.45) is 0.398. The van der Waals surface area contributed by atoms with Crippen LogP contribution >= 0.6 is 11.8 Å². The number of thioether (sulfide) groups is 1. The Morgan fingerprint density at radius 1 is 1.43 bits per heavy atom. The highest BCUT2D eigenvalue weighted by molar-refractivity contribution is 7.98. The largest absolute Gasteiger partial charge is 0.369 e. The van der Waals surface area contributed by atoms with Crippen LogP contribution in [0.15, 0.2) is 30.3 Å². The van der Waals surface area contributed by atoms with Gasteiger partial charge in [-0.25, -0.2) is 0 Å². The highest BCUT2D eigenvalue weighted by Gasteiger charge is 2.03. The lowest BCUT2D eigenvalue weighted by atomic mass is 10.2. The molecule has 1 rings (SSSR count). The molecular weight excluding hydrogens is 194 g/mol. The van der Waals surface area contributed by atoms with Gasteiger partial charge in [0.25, 0.3) is 0 Å². The van der Waals surface area contributed by atoms with Crippen LogP contribution in [0.25, 0.3) is 0 Å². The first kappa shape index (κ1) is 10.0. The van der Waals surface area contributed by atoms with Crippen LogP contribution in [0.4, 0.5) is 0 Å². The second kappa shape index (κ2) is 6.87. The van der Waals surface area contributed by atoms with Crippen LogP contribution in [0.1, 0.15) is 6.93 Å². The van der Waals surface area contributed by atoms with Crippen molar-refractivity contribution >= 4 is 11.8 Å². The maximum Gasteiger partial charge on any atom is 0.0995 e. The molecule has 0 saturated carbocycles. The van der Waals surface area contributed by atoms with Crippen LogP contribution in [0.3, 0.4) is 0 Å². The molecule has 0 aliphatic rings. The van der Waals surface area contributed by atoms with E-state index in [1.807, 2.05) is 18.2 Å². The second-order valence-electron chi connectivity index (χ2n) is 3.07. The van der Waals surface area contributed by atoms with E-state index in [1.54, 1.807) is 18.9 Å². The van der Waals surface area contributed by atoms with Crippen LogP contribution in [-0.2, 0) is 11.3 Å². The molecule has 0 atom stereocenters. The highest BCUT2D eigenvalue weighted by Crippen LogP contribution is 2.07. The van der Waals surface area contributed by atoms with Gasteiger partial charge in [0.15, 0.2) is 0 Å². The summed E-state index contributed by atoms with van der Waals surface area (Å²) in [5.41, 5.74) is 1.28. The Morgan fingerprint density at radius 3 is 2.86 bits per heavy atom. The molecule has 0 N–H and O–H groups in total. The Hall–Kier alpha value is -0.510. The zero-order valence-corrected chi connectivity index (χ0v) is 9.30. The zero-order chi connectivity index (χ0) is 10.9. The number of benzene rings is 1. The molecule has 3 heteroatoms. The molecule has 0 heterocycles. The third kappa shape index (κ3) is 4.13. The normalized spacial score (nSPS) is 11.7. The van der Waals surface area contributed by atoms with Gasteiger partial charge in [0.2, 0.25) is 0 Å². The fourth-order valence-electron chi connectivity index (χ4n) is 1.28. The Morgan fingerprint density at radius 2 is 2.21 bits per heavy atom. The minimum Gasteiger partial charge on any atom is -0.369 e. The molecule has 0 bridgehead atoms. The quantitative estimate of drug-likeness (QED) is 0.673. The Bertz CT molecular complexity index is 258. The van der Waals surface area contributed by atoms with E-state index in [2.05, 4.69) is 17.0 Å². The summed E-state index contributed by atoms with van der Waals surface area (Å²) < 4.78 is 12.2. The number of hydrogen-bond acceptors (Lipinski definition) is 3. The van der Waals surface area contributed by atoms with Crippen LogP contribution in [-0.4, -0.2) is 30.8 Å². The van der Waals surface area contributed by atoms with Gasteiger partial charge in [-0.3, -0.25) is 4.90 Å². The lowest BCUT2D eigenvalue weighted by Gasteiger charge is -2.19. The molecule has 0 unspecified atom stereocenters. The number of rotatable bonds is 6. The molecule has 0 radical (unpaired) electrons. The molecule has 14 heavy (non-hydrogen) atoms. The van der Waals surface area contributed by atoms with Gasteiger partial charge in [-0.05, 0) is 11.8 Å². The van der Waals surface area contributed by atoms with E-state index >= 15 is 0 Å². The first-order chi connectivity index (χ1) is 7.36. The zero-order valence-electron chi connectivity index (χ0n) is 9.48. The van der Waals surface area contributed by atoms with Crippen LogP contribution in [0.5, 0.6) is 0 Å². The second-order valence-corrected chi connectivity index (χ2v) is 3.73. The minimum absolute atomic E-state index is 0.398. The van der Waals surface area contributed by atoms with E-state index in [0.29, 0.717) is 13.0 Å². The van der Waals surface area contributed by atoms with E-state index in [1.165, 1.54) is 5.56 Å². The van der Waals surface area contributed by atoms with Gasteiger partial charge in [-0.1, -0.05) is 30.3 Å². The molecule has 1 aromatic carbocycles. The molecule has 78 valence electrons. The minimum atomic E-state index is 0.398. The van der Waals surface area contributed by atoms with Gasteiger partial charge in [-0.15, -0.1) is 11.8 Å². The van der Waals surface area contributed by atoms with Gasteiger partial charge in [0.1, 0.15) is 0 Å². The fraction of sp³-hybridized carbons (Fsp3) is 0.455. The smallest absolute Gasteiger partial charge is 0.0995 e. The first-order valence-corrected chi connectivity index (χ1v) is 5.64. The number of hydrogen-bond donors (Lipinski definition) is 0. The summed E-state index contributed by atoms with van der Waals surface area (Å²) in [6.45, 7) is 1.49. The van der Waals surface area contributed by atoms with Gasteiger partial charge in [0, 0.05) is 20.9 Å². The van der Waals surface area contributed by atoms with Crippen molar-refractivity contribution in [2.45, 2.75) is 6.54 Å². The standard InChI is InChI=1S/C11H17NOS/c1-13-9-12(10-14-2)8-11-6-4-3-5-7-11/h3-7H,8-10H2,1-2H3/i2T. The Labute approximate surface area is 91.7 Å². The average molecular weight is 213 g/mol. The summed E-state index contributed by atoms with van der Waals surface area (Å²) in [5, 5.41) is 0. The number of ether oxygens (including phenoxy) is 1. The fourth-order valence-corrected chi connectivity index (χ4v) is 1.71. The highest BCUT2D eigenvalue weighted by atomic mass is 32.2. The maximum absolute atomic E-state index is 7.10. The molecule has 0 amide bonds.